The first-order chi connectivity index (χ1) is 7.84. The summed E-state index contributed by atoms with van der Waals surface area (Å²) in [6, 6.07) is 4.43. The molecule has 0 amide bonds. The topological polar surface area (TPSA) is 74.6 Å². The lowest BCUT2D eigenvalue weighted by molar-refractivity contribution is 0.213. The Morgan fingerprint density at radius 2 is 2.12 bits per heavy atom. The Hall–Kier alpha value is -1.17. The molecule has 0 spiro atoms. The lowest BCUT2D eigenvalue weighted by atomic mass is 10.0. The number of hydrogen-bond donors (Lipinski definition) is 2. The molecule has 0 aliphatic rings. The maximum Gasteiger partial charge on any atom is 0.294 e. The summed E-state index contributed by atoms with van der Waals surface area (Å²) in [5, 5.41) is 9.35. The van der Waals surface area contributed by atoms with Gasteiger partial charge < -0.3 is 5.11 Å². The van der Waals surface area contributed by atoms with Crippen LogP contribution in [0.1, 0.15) is 17.5 Å². The number of aliphatic hydroxyl groups is 1. The number of aryl methyl sites for hydroxylation is 2. The third-order valence-electron chi connectivity index (χ3n) is 2.60. The molecule has 0 saturated heterocycles. The van der Waals surface area contributed by atoms with Gasteiger partial charge in [-0.15, -0.1) is 6.58 Å². The number of aliphatic hydroxyl groups excluding tert-OH is 1. The molecule has 5 heteroatoms. The lowest BCUT2D eigenvalue weighted by Gasteiger charge is -2.09. The second kappa shape index (κ2) is 5.44. The summed E-state index contributed by atoms with van der Waals surface area (Å²) >= 11 is 0. The molecule has 0 bridgehead atoms. The highest BCUT2D eigenvalue weighted by Gasteiger charge is 2.11. The van der Waals surface area contributed by atoms with E-state index in [-0.39, 0.29) is 4.90 Å². The predicted molar refractivity (Wildman–Crippen MR) is 65.5 cm³/mol. The van der Waals surface area contributed by atoms with Crippen molar-refractivity contribution in [3.8, 4) is 0 Å². The van der Waals surface area contributed by atoms with Crippen molar-refractivity contribution < 1.29 is 18.1 Å². The van der Waals surface area contributed by atoms with E-state index in [2.05, 4.69) is 6.58 Å². The molecule has 0 heterocycles. The Morgan fingerprint density at radius 3 is 2.65 bits per heavy atom. The third kappa shape index (κ3) is 3.96. The SMILES string of the molecule is C=CC(O)CCc1cc(S(=O)(=O)O)ccc1C. The largest absolute Gasteiger partial charge is 0.389 e. The molecule has 4 nitrogen and oxygen atoms in total. The normalized spacial score (nSPS) is 13.4. The van der Waals surface area contributed by atoms with E-state index in [0.717, 1.165) is 11.1 Å². The molecule has 1 rings (SSSR count). The quantitative estimate of drug-likeness (QED) is 0.621. The Balaban J connectivity index is 2.95. The number of rotatable bonds is 5. The average molecular weight is 256 g/mol. The van der Waals surface area contributed by atoms with Gasteiger partial charge >= 0.3 is 0 Å². The van der Waals surface area contributed by atoms with E-state index in [1.165, 1.54) is 18.2 Å². The molecule has 17 heavy (non-hydrogen) atoms. The zero-order chi connectivity index (χ0) is 13.1. The summed E-state index contributed by atoms with van der Waals surface area (Å²) in [5.74, 6) is 0. The van der Waals surface area contributed by atoms with Crippen LogP contribution in [0.15, 0.2) is 35.7 Å². The summed E-state index contributed by atoms with van der Waals surface area (Å²) < 4.78 is 30.9. The number of hydrogen-bond acceptors (Lipinski definition) is 3. The van der Waals surface area contributed by atoms with Crippen LogP contribution < -0.4 is 0 Å². The molecule has 1 unspecified atom stereocenters. The van der Waals surface area contributed by atoms with E-state index in [0.29, 0.717) is 12.8 Å². The molecule has 0 aliphatic carbocycles. The highest BCUT2D eigenvalue weighted by molar-refractivity contribution is 7.85. The molecule has 0 saturated carbocycles. The van der Waals surface area contributed by atoms with Gasteiger partial charge in [0.15, 0.2) is 0 Å². The van der Waals surface area contributed by atoms with Crippen molar-refractivity contribution in [1.82, 2.24) is 0 Å². The molecule has 2 N–H and O–H groups in total. The summed E-state index contributed by atoms with van der Waals surface area (Å²) in [5.41, 5.74) is 1.72. The minimum Gasteiger partial charge on any atom is -0.389 e. The van der Waals surface area contributed by atoms with Gasteiger partial charge in [0.1, 0.15) is 0 Å². The zero-order valence-electron chi connectivity index (χ0n) is 9.63. The van der Waals surface area contributed by atoms with Gasteiger partial charge in [-0.3, -0.25) is 4.55 Å². The first-order valence-corrected chi connectivity index (χ1v) is 6.66. The fraction of sp³-hybridized carbons (Fsp3) is 0.333. The second-order valence-corrected chi connectivity index (χ2v) is 5.33. The van der Waals surface area contributed by atoms with E-state index < -0.39 is 16.2 Å². The molecule has 1 atom stereocenters. The molecule has 0 aliphatic heterocycles. The molecular formula is C12H16O4S. The van der Waals surface area contributed by atoms with E-state index in [1.54, 1.807) is 6.07 Å². The van der Waals surface area contributed by atoms with Crippen LogP contribution in [-0.4, -0.2) is 24.2 Å². The Labute approximate surface area is 101 Å². The standard InChI is InChI=1S/C12H16O4S/c1-3-11(13)6-5-10-8-12(17(14,15)16)7-4-9(10)2/h3-4,7-8,11,13H,1,5-6H2,2H3,(H,14,15,16). The second-order valence-electron chi connectivity index (χ2n) is 3.91. The van der Waals surface area contributed by atoms with Gasteiger partial charge in [-0.25, -0.2) is 0 Å². The highest BCUT2D eigenvalue weighted by atomic mass is 32.2. The molecule has 0 aromatic heterocycles. The summed E-state index contributed by atoms with van der Waals surface area (Å²) in [7, 11) is -4.17. The highest BCUT2D eigenvalue weighted by Crippen LogP contribution is 2.17. The van der Waals surface area contributed by atoms with Crippen molar-refractivity contribution in [3.63, 3.8) is 0 Å². The maximum absolute atomic E-state index is 11.0. The van der Waals surface area contributed by atoms with E-state index in [9.17, 15) is 13.5 Å². The van der Waals surface area contributed by atoms with Crippen LogP contribution in [0.25, 0.3) is 0 Å². The number of benzene rings is 1. The molecule has 94 valence electrons. The lowest BCUT2D eigenvalue weighted by Crippen LogP contribution is -2.05. The smallest absolute Gasteiger partial charge is 0.294 e. The Morgan fingerprint density at radius 1 is 1.47 bits per heavy atom. The van der Waals surface area contributed by atoms with Crippen LogP contribution in [0.3, 0.4) is 0 Å². The van der Waals surface area contributed by atoms with Crippen molar-refractivity contribution in [3.05, 3.63) is 42.0 Å². The molecule has 0 radical (unpaired) electrons. The van der Waals surface area contributed by atoms with Crippen LogP contribution in [0.5, 0.6) is 0 Å². The average Bonchev–Trinajstić information content (AvgIpc) is 2.26. The minimum absolute atomic E-state index is 0.119. The molecule has 1 aromatic rings. The summed E-state index contributed by atoms with van der Waals surface area (Å²) in [6.45, 7) is 5.32. The Bertz CT molecular complexity index is 505. The molecule has 1 aromatic carbocycles. The van der Waals surface area contributed by atoms with Crippen molar-refractivity contribution in [2.24, 2.45) is 0 Å². The van der Waals surface area contributed by atoms with Gasteiger partial charge in [0.25, 0.3) is 10.1 Å². The summed E-state index contributed by atoms with van der Waals surface area (Å²) in [6.07, 6.45) is 1.83. The molecular weight excluding hydrogens is 240 g/mol. The molecule has 0 fully saturated rings. The van der Waals surface area contributed by atoms with Crippen LogP contribution in [0.2, 0.25) is 0 Å². The van der Waals surface area contributed by atoms with Gasteiger partial charge in [-0.1, -0.05) is 12.1 Å². The van der Waals surface area contributed by atoms with Crippen molar-refractivity contribution in [1.29, 1.82) is 0 Å². The van der Waals surface area contributed by atoms with Crippen molar-refractivity contribution in [2.45, 2.75) is 30.8 Å². The maximum atomic E-state index is 11.0. The van der Waals surface area contributed by atoms with Gasteiger partial charge in [0.05, 0.1) is 11.0 Å². The van der Waals surface area contributed by atoms with Crippen molar-refractivity contribution >= 4 is 10.1 Å². The van der Waals surface area contributed by atoms with Gasteiger partial charge in [-0.05, 0) is 43.0 Å². The van der Waals surface area contributed by atoms with Crippen LogP contribution in [-0.2, 0) is 16.5 Å². The van der Waals surface area contributed by atoms with Gasteiger partial charge in [-0.2, -0.15) is 8.42 Å². The predicted octanol–water partition coefficient (Wildman–Crippen LogP) is 1.72. The fourth-order valence-corrected chi connectivity index (χ4v) is 2.03. The zero-order valence-corrected chi connectivity index (χ0v) is 10.4. The summed E-state index contributed by atoms with van der Waals surface area (Å²) in [4.78, 5) is -0.119. The van der Waals surface area contributed by atoms with Gasteiger partial charge in [0.2, 0.25) is 0 Å². The van der Waals surface area contributed by atoms with Crippen LogP contribution in [0.4, 0.5) is 0 Å². The van der Waals surface area contributed by atoms with Gasteiger partial charge in [0, 0.05) is 0 Å². The Kier molecular flexibility index (Phi) is 4.45. The first kappa shape index (κ1) is 13.9. The third-order valence-corrected chi connectivity index (χ3v) is 3.45. The monoisotopic (exact) mass is 256 g/mol. The first-order valence-electron chi connectivity index (χ1n) is 5.22. The minimum atomic E-state index is -4.17. The van der Waals surface area contributed by atoms with Crippen molar-refractivity contribution in [2.75, 3.05) is 0 Å². The van der Waals surface area contributed by atoms with E-state index in [4.69, 9.17) is 4.55 Å². The van der Waals surface area contributed by atoms with Crippen LogP contribution in [0, 0.1) is 6.92 Å². The van der Waals surface area contributed by atoms with E-state index >= 15 is 0 Å². The van der Waals surface area contributed by atoms with E-state index in [1.807, 2.05) is 6.92 Å². The van der Waals surface area contributed by atoms with Crippen LogP contribution >= 0.6 is 0 Å². The fourth-order valence-electron chi connectivity index (χ4n) is 1.50.